The van der Waals surface area contributed by atoms with Crippen molar-refractivity contribution in [3.05, 3.63) is 0 Å². The second-order valence-corrected chi connectivity index (χ2v) is 1.40. The molecule has 0 amide bonds. The van der Waals surface area contributed by atoms with E-state index < -0.39 is 21.7 Å². The second kappa shape index (κ2) is 11.8. The summed E-state index contributed by atoms with van der Waals surface area (Å²) in [4.78, 5) is 23.4. The van der Waals surface area contributed by atoms with Crippen LogP contribution in [0.5, 0.6) is 0 Å². The van der Waals surface area contributed by atoms with Gasteiger partial charge in [-0.3, -0.25) is 4.46 Å². The first kappa shape index (κ1) is 16.6. The summed E-state index contributed by atoms with van der Waals surface area (Å²) >= 11 is 0. The van der Waals surface area contributed by atoms with Gasteiger partial charge in [-0.25, -0.2) is 4.79 Å². The van der Waals surface area contributed by atoms with Crippen molar-refractivity contribution >= 4 is 44.7 Å². The van der Waals surface area contributed by atoms with Crippen LogP contribution in [0.2, 0.25) is 0 Å². The molecule has 0 aliphatic carbocycles. The first-order chi connectivity index (χ1) is 4.00. The van der Waals surface area contributed by atoms with Gasteiger partial charge in [0.2, 0.25) is 0 Å². The Hall–Kier alpha value is 0.0469. The molecule has 0 fully saturated rings. The van der Waals surface area contributed by atoms with Gasteiger partial charge in [0.1, 0.15) is 6.61 Å². The van der Waals surface area contributed by atoms with Gasteiger partial charge in [0.05, 0.1) is 0 Å². The Morgan fingerprint density at radius 2 is 1.50 bits per heavy atom. The zero-order valence-electron chi connectivity index (χ0n) is 4.31. The molecule has 0 radical (unpaired) electrons. The molecule has 0 aromatic rings. The molecule has 0 rings (SSSR count). The molecule has 0 aromatic heterocycles. The molecule has 0 heterocycles. The predicted molar refractivity (Wildman–Crippen MR) is 32.7 cm³/mol. The molecule has 56 valence electrons. The number of hydrogen-bond acceptors (Lipinski definition) is 3. The normalized spacial score (nSPS) is 6.10. The average Bonchev–Trinajstić information content (AvgIpc) is 1.65. The molecule has 0 aliphatic heterocycles. The number of aliphatic hydroxyl groups excluding tert-OH is 1. The molecule has 0 bridgehead atoms. The minimum absolute atomic E-state index is 0. The number of hydrogen-bond donors (Lipinski definition) is 4. The van der Waals surface area contributed by atoms with Gasteiger partial charge in [-0.05, 0) is 0 Å². The molecule has 0 unspecified atom stereocenters. The van der Waals surface area contributed by atoms with Crippen molar-refractivity contribution in [1.29, 1.82) is 0 Å². The van der Waals surface area contributed by atoms with Crippen LogP contribution < -0.4 is 0 Å². The number of rotatable bonds is 1. The average molecular weight is 178 g/mol. The monoisotopic (exact) mass is 178 g/mol. The first-order valence-corrected chi connectivity index (χ1v) is 3.05. The van der Waals surface area contributed by atoms with Crippen LogP contribution in [0.4, 0.5) is 0 Å². The van der Waals surface area contributed by atoms with Crippen molar-refractivity contribution in [3.8, 4) is 0 Å². The van der Waals surface area contributed by atoms with Crippen molar-refractivity contribution < 1.29 is 29.1 Å². The quantitative estimate of drug-likeness (QED) is 0.314. The Bertz CT molecular complexity index is 99.9. The molecule has 4 N–H and O–H groups in total. The van der Waals surface area contributed by atoms with Crippen molar-refractivity contribution in [2.24, 2.45) is 0 Å². The third-order valence-corrected chi connectivity index (χ3v) is 0.135. The van der Waals surface area contributed by atoms with Gasteiger partial charge < -0.3 is 19.8 Å². The summed E-state index contributed by atoms with van der Waals surface area (Å²) in [6.07, 6.45) is 0. The molecule has 8 heteroatoms. The molecule has 0 aliphatic rings. The molecular weight excluding hydrogens is 171 g/mol. The zero-order chi connectivity index (χ0) is 7.86. The van der Waals surface area contributed by atoms with Gasteiger partial charge in [-0.15, -0.1) is 0 Å². The molecule has 6 nitrogen and oxygen atoms in total. The van der Waals surface area contributed by atoms with E-state index in [1.807, 2.05) is 0 Å². The third kappa shape index (κ3) is 95.4. The number of carbonyl (C=O) groups is 1. The molecule has 0 saturated heterocycles. The summed E-state index contributed by atoms with van der Waals surface area (Å²) in [7, 11) is -3.13. The van der Waals surface area contributed by atoms with Crippen molar-refractivity contribution in [3.63, 3.8) is 0 Å². The topological polar surface area (TPSA) is 115 Å². The number of aliphatic hydroxyl groups is 1. The van der Waals surface area contributed by atoms with Gasteiger partial charge in [-0.1, -0.05) is 0 Å². The number of aliphatic carboxylic acids is 1. The number of carboxylic acid groups (broad SMARTS) is 1. The maximum absolute atomic E-state index is 9.12. The van der Waals surface area contributed by atoms with E-state index in [-0.39, 0.29) is 29.6 Å². The summed E-state index contributed by atoms with van der Waals surface area (Å²) in [5.41, 5.74) is 0. The summed E-state index contributed by atoms with van der Waals surface area (Å²) in [6, 6.07) is 0. The molecule has 10 heavy (non-hydrogen) atoms. The van der Waals surface area contributed by atoms with Crippen molar-refractivity contribution in [1.82, 2.24) is 0 Å². The van der Waals surface area contributed by atoms with Crippen LogP contribution in [-0.4, -0.2) is 71.1 Å². The Morgan fingerprint density at radius 3 is 1.50 bits per heavy atom. The Morgan fingerprint density at radius 1 is 1.40 bits per heavy atom. The van der Waals surface area contributed by atoms with E-state index in [0.717, 1.165) is 0 Å². The van der Waals surface area contributed by atoms with E-state index in [1.165, 1.54) is 0 Å². The fourth-order valence-electron chi connectivity index (χ4n) is 0. The third-order valence-electron chi connectivity index (χ3n) is 0.135. The zero-order valence-corrected chi connectivity index (χ0v) is 5.31. The predicted octanol–water partition coefficient (Wildman–Crippen LogP) is -3.20. The summed E-state index contributed by atoms with van der Waals surface area (Å²) < 4.78 is 8.74. The van der Waals surface area contributed by atoms with Gasteiger partial charge in [-0.2, -0.15) is 0 Å². The van der Waals surface area contributed by atoms with Crippen LogP contribution in [0.1, 0.15) is 0 Å². The van der Waals surface area contributed by atoms with Crippen LogP contribution in [-0.2, 0) is 9.26 Å². The van der Waals surface area contributed by atoms with Gasteiger partial charge in [0.15, 0.2) is 0 Å². The van der Waals surface area contributed by atoms with Crippen molar-refractivity contribution in [2.45, 2.75) is 0 Å². The fraction of sp³-hybridized carbons (Fsp3) is 0.500. The first-order valence-electron chi connectivity index (χ1n) is 1.75. The molecule has 0 atom stereocenters. The molecule has 0 aromatic carbocycles. The number of carboxylic acids is 1. The van der Waals surface area contributed by atoms with Crippen molar-refractivity contribution in [2.75, 3.05) is 6.61 Å². The summed E-state index contributed by atoms with van der Waals surface area (Å²) in [6.45, 7) is -0.778. The second-order valence-electron chi connectivity index (χ2n) is 0.834. The molecule has 0 spiro atoms. The summed E-state index contributed by atoms with van der Waals surface area (Å²) in [5.74, 6) is -1.19. The van der Waals surface area contributed by atoms with Crippen LogP contribution >= 0.6 is 0 Å². The van der Waals surface area contributed by atoms with Crippen LogP contribution in [0.3, 0.4) is 0 Å². The van der Waals surface area contributed by atoms with E-state index in [2.05, 4.69) is 0 Å². The van der Waals surface area contributed by atoms with Crippen LogP contribution in [0, 0.1) is 0 Å². The van der Waals surface area contributed by atoms with E-state index in [1.54, 1.807) is 0 Å². The minimum atomic E-state index is -3.13. The van der Waals surface area contributed by atoms with E-state index in [9.17, 15) is 0 Å². The Labute approximate surface area is 80.3 Å². The summed E-state index contributed by atoms with van der Waals surface area (Å²) in [5, 5.41) is 15.0. The van der Waals surface area contributed by atoms with Crippen LogP contribution in [0.15, 0.2) is 0 Å². The SMILES string of the molecule is O=C(O)CO.O=[Si](O)O.[NaH]. The molecular formula is C2H7NaO6Si. The Kier molecular flexibility index (Phi) is 19.5. The fourth-order valence-corrected chi connectivity index (χ4v) is 0. The maximum atomic E-state index is 9.12. The Balaban J connectivity index is -0.0000000910. The standard InChI is InChI=1S/C2H4O3.Na.H2O3Si.H/c3-1-2(4)5;;1-4(2)3;/h3H,1H2,(H,4,5);;1-2H;. The van der Waals surface area contributed by atoms with E-state index in [0.29, 0.717) is 0 Å². The van der Waals surface area contributed by atoms with Gasteiger partial charge >= 0.3 is 44.7 Å². The van der Waals surface area contributed by atoms with Gasteiger partial charge in [0.25, 0.3) is 0 Å². The van der Waals surface area contributed by atoms with Crippen LogP contribution in [0.25, 0.3) is 0 Å². The van der Waals surface area contributed by atoms with E-state index >= 15 is 0 Å². The van der Waals surface area contributed by atoms with Gasteiger partial charge in [0, 0.05) is 0 Å². The van der Waals surface area contributed by atoms with E-state index in [4.69, 9.17) is 29.1 Å². The molecule has 0 saturated carbocycles.